The minimum Gasteiger partial charge on any atom is -0.324 e. The largest absolute Gasteiger partial charge is 0.324 e. The summed E-state index contributed by atoms with van der Waals surface area (Å²) >= 11 is 12.4. The second-order valence-electron chi connectivity index (χ2n) is 8.66. The molecule has 3 aromatic carbocycles. The average molecular weight is 505 g/mol. The Labute approximate surface area is 210 Å². The van der Waals surface area contributed by atoms with Crippen molar-refractivity contribution < 1.29 is 14.4 Å². The van der Waals surface area contributed by atoms with Gasteiger partial charge in [-0.25, -0.2) is 4.90 Å². The van der Waals surface area contributed by atoms with Gasteiger partial charge in [-0.2, -0.15) is 5.10 Å². The van der Waals surface area contributed by atoms with E-state index in [1.807, 2.05) is 30.3 Å². The van der Waals surface area contributed by atoms with E-state index in [9.17, 15) is 14.4 Å². The Morgan fingerprint density at radius 2 is 1.60 bits per heavy atom. The normalized spacial score (nSPS) is 24.3. The van der Waals surface area contributed by atoms with E-state index >= 15 is 0 Å². The molecule has 2 saturated heterocycles. The van der Waals surface area contributed by atoms with Gasteiger partial charge in [0.2, 0.25) is 17.7 Å². The van der Waals surface area contributed by atoms with Crippen LogP contribution < -0.4 is 10.2 Å². The minimum atomic E-state index is -0.984. The number of carbonyl (C=O) groups is 3. The summed E-state index contributed by atoms with van der Waals surface area (Å²) in [6.45, 7) is 0. The Hall–Kier alpha value is -3.68. The first-order valence-corrected chi connectivity index (χ1v) is 11.8. The number of rotatable bonds is 3. The van der Waals surface area contributed by atoms with E-state index in [4.69, 9.17) is 23.2 Å². The van der Waals surface area contributed by atoms with Gasteiger partial charge in [-0.15, -0.1) is 0 Å². The number of carbonyl (C=O) groups excluding carboxylic acids is 3. The summed E-state index contributed by atoms with van der Waals surface area (Å²) in [5.74, 6) is -3.05. The number of nitrogens with one attached hydrogen (secondary N) is 1. The summed E-state index contributed by atoms with van der Waals surface area (Å²) in [5.41, 5.74) is 2.53. The number of halogens is 2. The van der Waals surface area contributed by atoms with Crippen molar-refractivity contribution in [2.75, 3.05) is 10.2 Å². The smallest absolute Gasteiger partial charge is 0.249 e. The van der Waals surface area contributed by atoms with Crippen LogP contribution in [-0.4, -0.2) is 35.0 Å². The summed E-state index contributed by atoms with van der Waals surface area (Å²) in [4.78, 5) is 42.3. The molecular weight excluding hydrogens is 487 g/mol. The molecular formula is C26H18Cl2N4O3. The third-order valence-corrected chi connectivity index (χ3v) is 7.29. The van der Waals surface area contributed by atoms with Gasteiger partial charge in [0.15, 0.2) is 0 Å². The molecule has 2 fully saturated rings. The zero-order valence-corrected chi connectivity index (χ0v) is 19.6. The van der Waals surface area contributed by atoms with E-state index in [2.05, 4.69) is 10.4 Å². The topological polar surface area (TPSA) is 82.1 Å². The quantitative estimate of drug-likeness (QED) is 0.532. The SMILES string of the molecule is O=C(Nc1ccccc1)C1C2C(=O)N(c3ccc(Cl)cc3Cl)C(=O)C2C2c3ccccc3C=NN12. The second kappa shape index (κ2) is 8.22. The van der Waals surface area contributed by atoms with Crippen molar-refractivity contribution in [1.29, 1.82) is 0 Å². The fourth-order valence-electron chi connectivity index (χ4n) is 5.31. The molecule has 35 heavy (non-hydrogen) atoms. The van der Waals surface area contributed by atoms with Crippen molar-refractivity contribution >= 4 is 58.5 Å². The Kier molecular flexibility index (Phi) is 5.12. The van der Waals surface area contributed by atoms with Crippen LogP contribution in [0.4, 0.5) is 11.4 Å². The number of fused-ring (bicyclic) bond motifs is 5. The molecule has 3 heterocycles. The van der Waals surface area contributed by atoms with Crippen LogP contribution in [0.25, 0.3) is 0 Å². The Balaban J connectivity index is 1.46. The van der Waals surface area contributed by atoms with Crippen LogP contribution in [0.1, 0.15) is 17.2 Å². The maximum Gasteiger partial charge on any atom is 0.249 e. The van der Waals surface area contributed by atoms with Crippen LogP contribution >= 0.6 is 23.2 Å². The molecule has 3 amide bonds. The first-order chi connectivity index (χ1) is 17.0. The van der Waals surface area contributed by atoms with Crippen molar-refractivity contribution in [2.24, 2.45) is 16.9 Å². The molecule has 0 aromatic heterocycles. The standard InChI is InChI=1S/C26H18Cl2N4O3/c27-15-10-11-19(18(28)12-15)31-25(34)20-21(26(31)35)23(24(33)30-16-7-2-1-3-8-16)32-22(20)17-9-5-4-6-14(17)13-29-32/h1-13,20-23H,(H,30,33). The Morgan fingerprint density at radius 3 is 2.37 bits per heavy atom. The summed E-state index contributed by atoms with van der Waals surface area (Å²) in [7, 11) is 0. The monoisotopic (exact) mass is 504 g/mol. The van der Waals surface area contributed by atoms with E-state index < -0.39 is 41.6 Å². The molecule has 4 unspecified atom stereocenters. The molecule has 4 atom stereocenters. The van der Waals surface area contributed by atoms with E-state index in [0.29, 0.717) is 10.7 Å². The summed E-state index contributed by atoms with van der Waals surface area (Å²) in [6.07, 6.45) is 1.67. The lowest BCUT2D eigenvalue weighted by Crippen LogP contribution is -2.46. The van der Waals surface area contributed by atoms with Gasteiger partial charge >= 0.3 is 0 Å². The number of benzene rings is 3. The Morgan fingerprint density at radius 1 is 0.886 bits per heavy atom. The van der Waals surface area contributed by atoms with Crippen LogP contribution in [0, 0.1) is 11.8 Å². The molecule has 6 rings (SSSR count). The third kappa shape index (κ3) is 3.34. The van der Waals surface area contributed by atoms with Crippen molar-refractivity contribution in [3.8, 4) is 0 Å². The van der Waals surface area contributed by atoms with Crippen molar-refractivity contribution in [3.05, 3.63) is 94.0 Å². The lowest BCUT2D eigenvalue weighted by Gasteiger charge is -2.33. The molecule has 0 saturated carbocycles. The van der Waals surface area contributed by atoms with Crippen LogP contribution in [0.2, 0.25) is 10.0 Å². The van der Waals surface area contributed by atoms with Crippen molar-refractivity contribution in [1.82, 2.24) is 5.01 Å². The zero-order chi connectivity index (χ0) is 24.3. The van der Waals surface area contributed by atoms with Crippen LogP contribution in [0.3, 0.4) is 0 Å². The number of para-hydroxylation sites is 1. The highest BCUT2D eigenvalue weighted by Gasteiger charge is 2.65. The molecule has 0 radical (unpaired) electrons. The van der Waals surface area contributed by atoms with E-state index in [0.717, 1.165) is 16.0 Å². The van der Waals surface area contributed by atoms with E-state index in [1.54, 1.807) is 47.6 Å². The third-order valence-electron chi connectivity index (χ3n) is 6.75. The number of hydrogen-bond acceptors (Lipinski definition) is 5. The highest BCUT2D eigenvalue weighted by molar-refractivity contribution is 6.38. The van der Waals surface area contributed by atoms with Gasteiger partial charge in [0, 0.05) is 10.7 Å². The van der Waals surface area contributed by atoms with Crippen molar-refractivity contribution in [2.45, 2.75) is 12.1 Å². The predicted molar refractivity (Wildman–Crippen MR) is 133 cm³/mol. The maximum absolute atomic E-state index is 13.8. The van der Waals surface area contributed by atoms with Gasteiger partial charge in [0.1, 0.15) is 6.04 Å². The first-order valence-electron chi connectivity index (χ1n) is 11.1. The molecule has 7 nitrogen and oxygen atoms in total. The van der Waals surface area contributed by atoms with Crippen molar-refractivity contribution in [3.63, 3.8) is 0 Å². The lowest BCUT2D eigenvalue weighted by molar-refractivity contribution is -0.129. The van der Waals surface area contributed by atoms with E-state index in [-0.39, 0.29) is 10.7 Å². The summed E-state index contributed by atoms with van der Waals surface area (Å²) in [5, 5.41) is 9.59. The number of hydrogen-bond donors (Lipinski definition) is 1. The second-order valence-corrected chi connectivity index (χ2v) is 9.50. The number of amides is 3. The lowest BCUT2D eigenvalue weighted by atomic mass is 9.85. The molecule has 0 aliphatic carbocycles. The molecule has 0 spiro atoms. The first kappa shape index (κ1) is 21.8. The molecule has 3 aromatic rings. The van der Waals surface area contributed by atoms with Gasteiger partial charge in [0.05, 0.1) is 34.8 Å². The van der Waals surface area contributed by atoms with Gasteiger partial charge in [-0.1, -0.05) is 65.7 Å². The zero-order valence-electron chi connectivity index (χ0n) is 18.1. The van der Waals surface area contributed by atoms with Crippen LogP contribution in [-0.2, 0) is 14.4 Å². The van der Waals surface area contributed by atoms with Crippen LogP contribution in [0.5, 0.6) is 0 Å². The summed E-state index contributed by atoms with van der Waals surface area (Å²) in [6, 6.07) is 19.6. The van der Waals surface area contributed by atoms with Crippen LogP contribution in [0.15, 0.2) is 77.9 Å². The fourth-order valence-corrected chi connectivity index (χ4v) is 5.80. The highest BCUT2D eigenvalue weighted by atomic mass is 35.5. The molecule has 1 N–H and O–H groups in total. The molecule has 3 aliphatic heterocycles. The molecule has 3 aliphatic rings. The average Bonchev–Trinajstić information content (AvgIpc) is 3.33. The van der Waals surface area contributed by atoms with Gasteiger partial charge in [-0.05, 0) is 41.5 Å². The number of anilines is 2. The van der Waals surface area contributed by atoms with Gasteiger partial charge in [-0.3, -0.25) is 19.4 Å². The number of imide groups is 1. The Bertz CT molecular complexity index is 1410. The summed E-state index contributed by atoms with van der Waals surface area (Å²) < 4.78 is 0. The van der Waals surface area contributed by atoms with E-state index in [1.165, 1.54) is 6.07 Å². The minimum absolute atomic E-state index is 0.184. The number of hydrazone groups is 1. The molecule has 0 bridgehead atoms. The van der Waals surface area contributed by atoms with Gasteiger partial charge in [0.25, 0.3) is 0 Å². The number of nitrogens with zero attached hydrogens (tertiary/aromatic N) is 3. The predicted octanol–water partition coefficient (Wildman–Crippen LogP) is 4.51. The molecule has 9 heteroatoms. The van der Waals surface area contributed by atoms with Gasteiger partial charge < -0.3 is 5.32 Å². The fraction of sp³-hybridized carbons (Fsp3) is 0.154. The maximum atomic E-state index is 13.8. The highest BCUT2D eigenvalue weighted by Crippen LogP contribution is 2.53. The molecule has 174 valence electrons.